The number of nitrogens with one attached hydrogen (secondary N) is 1. The summed E-state index contributed by atoms with van der Waals surface area (Å²) in [5.74, 6) is -1.12. The number of aliphatic carboxylic acids is 1. The third kappa shape index (κ3) is 4.03. The Morgan fingerprint density at radius 3 is 2.36 bits per heavy atom. The number of hydrogen-bond acceptors (Lipinski definition) is 3. The lowest BCUT2D eigenvalue weighted by Crippen LogP contribution is -2.29. The van der Waals surface area contributed by atoms with Crippen LogP contribution in [0.2, 0.25) is 0 Å². The van der Waals surface area contributed by atoms with E-state index in [2.05, 4.69) is 46.6 Å². The highest BCUT2D eigenvalue weighted by molar-refractivity contribution is 5.92. The molecule has 1 amide bonds. The van der Waals surface area contributed by atoms with E-state index in [4.69, 9.17) is 5.11 Å². The Labute approximate surface area is 165 Å². The number of carboxylic acids is 1. The molecule has 0 bridgehead atoms. The molecule has 5 heteroatoms. The topological polar surface area (TPSA) is 69.6 Å². The van der Waals surface area contributed by atoms with Gasteiger partial charge in [-0.3, -0.25) is 9.59 Å². The Morgan fingerprint density at radius 2 is 1.64 bits per heavy atom. The number of amides is 1. The molecular weight excluding hydrogens is 352 g/mol. The number of hydrogen-bond donors (Lipinski definition) is 2. The second kappa shape index (κ2) is 8.05. The van der Waals surface area contributed by atoms with Gasteiger partial charge in [0, 0.05) is 30.4 Å². The van der Waals surface area contributed by atoms with Crippen LogP contribution in [0, 0.1) is 11.8 Å². The Morgan fingerprint density at radius 1 is 0.964 bits per heavy atom. The van der Waals surface area contributed by atoms with Gasteiger partial charge in [-0.2, -0.15) is 0 Å². The van der Waals surface area contributed by atoms with Gasteiger partial charge in [-0.05, 0) is 61.4 Å². The maximum Gasteiger partial charge on any atom is 0.306 e. The molecule has 2 aromatic carbocycles. The number of nitrogens with zero attached hydrogens (tertiary/aromatic N) is 1. The number of anilines is 2. The maximum atomic E-state index is 12.5. The Balaban J connectivity index is 1.32. The zero-order valence-corrected chi connectivity index (χ0v) is 15.9. The summed E-state index contributed by atoms with van der Waals surface area (Å²) >= 11 is 0. The molecule has 0 radical (unpaired) electrons. The van der Waals surface area contributed by atoms with Crippen molar-refractivity contribution in [1.82, 2.24) is 0 Å². The summed E-state index contributed by atoms with van der Waals surface area (Å²) in [6, 6.07) is 16.6. The van der Waals surface area contributed by atoms with Crippen LogP contribution in [0.1, 0.15) is 36.8 Å². The molecule has 0 saturated heterocycles. The summed E-state index contributed by atoms with van der Waals surface area (Å²) in [5, 5.41) is 12.1. The summed E-state index contributed by atoms with van der Waals surface area (Å²) in [6.07, 6.45) is 3.56. The lowest BCUT2D eigenvalue weighted by molar-refractivity contribution is -0.143. The van der Waals surface area contributed by atoms with Gasteiger partial charge in [0.1, 0.15) is 0 Å². The van der Waals surface area contributed by atoms with Crippen molar-refractivity contribution in [2.24, 2.45) is 11.8 Å². The summed E-state index contributed by atoms with van der Waals surface area (Å²) in [5.41, 5.74) is 4.74. The van der Waals surface area contributed by atoms with Gasteiger partial charge in [-0.25, -0.2) is 0 Å². The van der Waals surface area contributed by atoms with Gasteiger partial charge in [0.25, 0.3) is 0 Å². The van der Waals surface area contributed by atoms with Gasteiger partial charge < -0.3 is 15.3 Å². The van der Waals surface area contributed by atoms with Crippen molar-refractivity contribution < 1.29 is 14.7 Å². The molecule has 1 fully saturated rings. The third-order valence-corrected chi connectivity index (χ3v) is 6.03. The highest BCUT2D eigenvalue weighted by Crippen LogP contribution is 2.31. The maximum absolute atomic E-state index is 12.5. The summed E-state index contributed by atoms with van der Waals surface area (Å²) < 4.78 is 0. The first-order chi connectivity index (χ1) is 13.6. The molecule has 2 N–H and O–H groups in total. The fraction of sp³-hybridized carbons (Fsp3) is 0.391. The van der Waals surface area contributed by atoms with E-state index in [1.165, 1.54) is 16.8 Å². The molecule has 0 aromatic heterocycles. The van der Waals surface area contributed by atoms with Gasteiger partial charge in [0.2, 0.25) is 5.91 Å². The number of benzene rings is 2. The molecule has 4 rings (SSSR count). The van der Waals surface area contributed by atoms with Crippen molar-refractivity contribution in [2.45, 2.75) is 38.6 Å². The molecule has 2 aromatic rings. The number of rotatable bonds is 5. The van der Waals surface area contributed by atoms with Crippen molar-refractivity contribution in [3.63, 3.8) is 0 Å². The van der Waals surface area contributed by atoms with E-state index in [0.717, 1.165) is 25.2 Å². The quantitative estimate of drug-likeness (QED) is 0.823. The van der Waals surface area contributed by atoms with Crippen LogP contribution in [0.5, 0.6) is 0 Å². The Hall–Kier alpha value is -2.82. The minimum absolute atomic E-state index is 0.00468. The van der Waals surface area contributed by atoms with Crippen LogP contribution in [-0.2, 0) is 22.6 Å². The van der Waals surface area contributed by atoms with Gasteiger partial charge in [0.05, 0.1) is 5.92 Å². The highest BCUT2D eigenvalue weighted by atomic mass is 16.4. The second-order valence-corrected chi connectivity index (χ2v) is 7.87. The lowest BCUT2D eigenvalue weighted by Gasteiger charge is -2.25. The molecular formula is C23H26N2O3. The number of fused-ring (bicyclic) bond motifs is 1. The molecule has 0 spiro atoms. The molecule has 1 heterocycles. The second-order valence-electron chi connectivity index (χ2n) is 7.87. The van der Waals surface area contributed by atoms with Crippen LogP contribution in [0.4, 0.5) is 11.4 Å². The van der Waals surface area contributed by atoms with Gasteiger partial charge in [-0.15, -0.1) is 0 Å². The Bertz CT molecular complexity index is 854. The van der Waals surface area contributed by atoms with Crippen LogP contribution >= 0.6 is 0 Å². The molecule has 1 aliphatic carbocycles. The summed E-state index contributed by atoms with van der Waals surface area (Å²) in [7, 11) is 0. The average Bonchev–Trinajstić information content (AvgIpc) is 3.12. The number of carbonyl (C=O) groups is 2. The molecule has 2 aliphatic rings. The first kappa shape index (κ1) is 18.5. The SMILES string of the molecule is O=C(O)C1CCC(C(=O)Nc2ccc(CN3CCc4ccccc43)cc2)CC1. The van der Waals surface area contributed by atoms with Crippen molar-refractivity contribution in [3.05, 3.63) is 59.7 Å². The van der Waals surface area contributed by atoms with Crippen LogP contribution in [0.25, 0.3) is 0 Å². The predicted molar refractivity (Wildman–Crippen MR) is 109 cm³/mol. The monoisotopic (exact) mass is 378 g/mol. The van der Waals surface area contributed by atoms with Crippen LogP contribution < -0.4 is 10.2 Å². The van der Waals surface area contributed by atoms with E-state index < -0.39 is 5.97 Å². The van der Waals surface area contributed by atoms with Crippen molar-refractivity contribution in [3.8, 4) is 0 Å². The fourth-order valence-electron chi connectivity index (χ4n) is 4.33. The van der Waals surface area contributed by atoms with E-state index in [1.807, 2.05) is 12.1 Å². The lowest BCUT2D eigenvalue weighted by atomic mass is 9.81. The van der Waals surface area contributed by atoms with Crippen molar-refractivity contribution in [1.29, 1.82) is 0 Å². The average molecular weight is 378 g/mol. The summed E-state index contributed by atoms with van der Waals surface area (Å²) in [6.45, 7) is 1.90. The standard InChI is InChI=1S/C23H26N2O3/c26-22(18-7-9-19(10-8-18)23(27)28)24-20-11-5-16(6-12-20)15-25-14-13-17-3-1-2-4-21(17)25/h1-6,11-12,18-19H,7-10,13-15H2,(H,24,26)(H,27,28). The zero-order chi connectivity index (χ0) is 19.5. The molecule has 0 unspecified atom stereocenters. The van der Waals surface area contributed by atoms with Crippen LogP contribution in [-0.4, -0.2) is 23.5 Å². The Kier molecular flexibility index (Phi) is 5.33. The van der Waals surface area contributed by atoms with E-state index in [1.54, 1.807) is 0 Å². The normalized spacial score (nSPS) is 21.2. The highest BCUT2D eigenvalue weighted by Gasteiger charge is 2.29. The van der Waals surface area contributed by atoms with Gasteiger partial charge >= 0.3 is 5.97 Å². The number of carbonyl (C=O) groups excluding carboxylic acids is 1. The molecule has 1 aliphatic heterocycles. The predicted octanol–water partition coefficient (Wildman–Crippen LogP) is 4.08. The van der Waals surface area contributed by atoms with Crippen molar-refractivity contribution >= 4 is 23.3 Å². The van der Waals surface area contributed by atoms with E-state index in [9.17, 15) is 9.59 Å². The van der Waals surface area contributed by atoms with E-state index >= 15 is 0 Å². The first-order valence-corrected chi connectivity index (χ1v) is 10.1. The van der Waals surface area contributed by atoms with Crippen LogP contribution in [0.15, 0.2) is 48.5 Å². The largest absolute Gasteiger partial charge is 0.481 e. The first-order valence-electron chi connectivity index (χ1n) is 10.1. The molecule has 146 valence electrons. The summed E-state index contributed by atoms with van der Waals surface area (Å²) in [4.78, 5) is 25.9. The van der Waals surface area contributed by atoms with E-state index in [-0.39, 0.29) is 17.7 Å². The smallest absolute Gasteiger partial charge is 0.306 e. The molecule has 28 heavy (non-hydrogen) atoms. The minimum Gasteiger partial charge on any atom is -0.481 e. The van der Waals surface area contributed by atoms with Gasteiger partial charge in [0.15, 0.2) is 0 Å². The zero-order valence-electron chi connectivity index (χ0n) is 15.9. The minimum atomic E-state index is -0.741. The molecule has 5 nitrogen and oxygen atoms in total. The number of carboxylic acid groups (broad SMARTS) is 1. The molecule has 1 saturated carbocycles. The third-order valence-electron chi connectivity index (χ3n) is 6.03. The van der Waals surface area contributed by atoms with Gasteiger partial charge in [-0.1, -0.05) is 30.3 Å². The molecule has 0 atom stereocenters. The van der Waals surface area contributed by atoms with Crippen LogP contribution in [0.3, 0.4) is 0 Å². The van der Waals surface area contributed by atoms with E-state index in [0.29, 0.717) is 25.7 Å². The fourth-order valence-corrected chi connectivity index (χ4v) is 4.33. The van der Waals surface area contributed by atoms with Crippen molar-refractivity contribution in [2.75, 3.05) is 16.8 Å². The number of para-hydroxylation sites is 1.